The number of ether oxygens (including phenoxy) is 2. The molecule has 0 amide bonds. The van der Waals surface area contributed by atoms with Gasteiger partial charge in [-0.15, -0.1) is 0 Å². The molecule has 0 spiro atoms. The molecule has 29 heavy (non-hydrogen) atoms. The molecule has 0 aliphatic heterocycles. The number of fused-ring (bicyclic) bond motifs is 3. The van der Waals surface area contributed by atoms with Crippen molar-refractivity contribution in [2.75, 3.05) is 19.5 Å². The number of pyridine rings is 1. The highest BCUT2D eigenvalue weighted by molar-refractivity contribution is 6.36. The van der Waals surface area contributed by atoms with Crippen molar-refractivity contribution in [3.63, 3.8) is 0 Å². The molecular weight excluding hydrogens is 409 g/mol. The highest BCUT2D eigenvalue weighted by Crippen LogP contribution is 2.40. The standard InChI is InChI=1S/C22H15Cl2N3O2/c1-28-19-8-6-14-15(22(19)29-2)4-5-16-20(12(10-25)11-26-21(14)16)27-18-7-3-13(23)9-17(18)24/h3-9,11H,1-2H3,(H,26,27). The van der Waals surface area contributed by atoms with Crippen molar-refractivity contribution >= 4 is 56.3 Å². The van der Waals surface area contributed by atoms with Crippen LogP contribution in [0.4, 0.5) is 11.4 Å². The first-order valence-electron chi connectivity index (χ1n) is 8.66. The molecule has 0 bridgehead atoms. The van der Waals surface area contributed by atoms with Gasteiger partial charge >= 0.3 is 0 Å². The largest absolute Gasteiger partial charge is 0.493 e. The van der Waals surface area contributed by atoms with Crippen LogP contribution in [-0.2, 0) is 0 Å². The van der Waals surface area contributed by atoms with Gasteiger partial charge in [0.05, 0.1) is 41.7 Å². The van der Waals surface area contributed by atoms with Gasteiger partial charge in [0, 0.05) is 27.4 Å². The van der Waals surface area contributed by atoms with Gasteiger partial charge in [-0.1, -0.05) is 23.2 Å². The Bertz CT molecular complexity index is 1300. The van der Waals surface area contributed by atoms with Crippen LogP contribution in [0.5, 0.6) is 11.5 Å². The second-order valence-corrected chi connectivity index (χ2v) is 7.11. The quantitative estimate of drug-likeness (QED) is 0.388. The van der Waals surface area contributed by atoms with Crippen LogP contribution < -0.4 is 14.8 Å². The summed E-state index contributed by atoms with van der Waals surface area (Å²) in [6.07, 6.45) is 1.55. The zero-order valence-electron chi connectivity index (χ0n) is 15.6. The summed E-state index contributed by atoms with van der Waals surface area (Å²) >= 11 is 12.3. The summed E-state index contributed by atoms with van der Waals surface area (Å²) in [6, 6.07) is 14.9. The minimum absolute atomic E-state index is 0.406. The number of hydrogen-bond acceptors (Lipinski definition) is 5. The first-order valence-corrected chi connectivity index (χ1v) is 9.41. The Kier molecular flexibility index (Phi) is 5.06. The van der Waals surface area contributed by atoms with Gasteiger partial charge in [-0.3, -0.25) is 4.98 Å². The monoisotopic (exact) mass is 423 g/mol. The van der Waals surface area contributed by atoms with Crippen molar-refractivity contribution in [3.05, 3.63) is 64.3 Å². The van der Waals surface area contributed by atoms with Crippen LogP contribution in [0.1, 0.15) is 5.56 Å². The summed E-state index contributed by atoms with van der Waals surface area (Å²) in [5.41, 5.74) is 2.41. The summed E-state index contributed by atoms with van der Waals surface area (Å²) in [4.78, 5) is 4.54. The maximum absolute atomic E-state index is 9.61. The van der Waals surface area contributed by atoms with Gasteiger partial charge in [-0.25, -0.2) is 0 Å². The third-order valence-electron chi connectivity index (χ3n) is 4.68. The van der Waals surface area contributed by atoms with Crippen LogP contribution in [0.25, 0.3) is 21.7 Å². The van der Waals surface area contributed by atoms with Crippen LogP contribution in [0, 0.1) is 11.3 Å². The zero-order valence-corrected chi connectivity index (χ0v) is 17.1. The van der Waals surface area contributed by atoms with Crippen LogP contribution in [0.3, 0.4) is 0 Å². The van der Waals surface area contributed by atoms with E-state index in [0.717, 1.165) is 21.7 Å². The molecule has 3 aromatic carbocycles. The summed E-state index contributed by atoms with van der Waals surface area (Å²) in [6.45, 7) is 0. The van der Waals surface area contributed by atoms with E-state index in [2.05, 4.69) is 16.4 Å². The summed E-state index contributed by atoms with van der Waals surface area (Å²) in [5.74, 6) is 1.27. The molecule has 0 saturated heterocycles. The van der Waals surface area contributed by atoms with Crippen molar-refractivity contribution in [2.45, 2.75) is 0 Å². The fourth-order valence-corrected chi connectivity index (χ4v) is 3.79. The summed E-state index contributed by atoms with van der Waals surface area (Å²) < 4.78 is 10.9. The number of benzene rings is 3. The fourth-order valence-electron chi connectivity index (χ4n) is 3.34. The lowest BCUT2D eigenvalue weighted by molar-refractivity contribution is 0.358. The Morgan fingerprint density at radius 2 is 1.72 bits per heavy atom. The Morgan fingerprint density at radius 3 is 2.41 bits per heavy atom. The summed E-state index contributed by atoms with van der Waals surface area (Å²) in [5, 5.41) is 16.4. The van der Waals surface area contributed by atoms with E-state index in [1.807, 2.05) is 24.3 Å². The van der Waals surface area contributed by atoms with Gasteiger partial charge in [0.25, 0.3) is 0 Å². The molecule has 1 aromatic heterocycles. The van der Waals surface area contributed by atoms with Gasteiger partial charge < -0.3 is 14.8 Å². The molecule has 5 nitrogen and oxygen atoms in total. The maximum Gasteiger partial charge on any atom is 0.168 e. The van der Waals surface area contributed by atoms with Crippen molar-refractivity contribution < 1.29 is 9.47 Å². The third-order valence-corrected chi connectivity index (χ3v) is 5.23. The van der Waals surface area contributed by atoms with E-state index in [9.17, 15) is 5.26 Å². The van der Waals surface area contributed by atoms with Gasteiger partial charge in [0.2, 0.25) is 0 Å². The second-order valence-electron chi connectivity index (χ2n) is 6.27. The number of halogens is 2. The Morgan fingerprint density at radius 1 is 0.966 bits per heavy atom. The number of methoxy groups -OCH3 is 2. The molecular formula is C22H15Cl2N3O2. The molecule has 0 saturated carbocycles. The molecule has 144 valence electrons. The maximum atomic E-state index is 9.61. The molecule has 0 atom stereocenters. The van der Waals surface area contributed by atoms with Crippen molar-refractivity contribution in [1.82, 2.24) is 4.98 Å². The van der Waals surface area contributed by atoms with E-state index in [1.54, 1.807) is 38.6 Å². The Hall–Kier alpha value is -3.20. The van der Waals surface area contributed by atoms with E-state index < -0.39 is 0 Å². The minimum atomic E-state index is 0.406. The number of rotatable bonds is 4. The van der Waals surface area contributed by atoms with E-state index in [0.29, 0.717) is 38.5 Å². The number of hydrogen-bond donors (Lipinski definition) is 1. The van der Waals surface area contributed by atoms with Crippen LogP contribution >= 0.6 is 23.2 Å². The lowest BCUT2D eigenvalue weighted by atomic mass is 10.0. The van der Waals surface area contributed by atoms with Gasteiger partial charge in [0.15, 0.2) is 11.5 Å². The molecule has 4 rings (SSSR count). The van der Waals surface area contributed by atoms with Gasteiger partial charge in [-0.05, 0) is 42.5 Å². The summed E-state index contributed by atoms with van der Waals surface area (Å²) in [7, 11) is 3.20. The van der Waals surface area contributed by atoms with Crippen LogP contribution in [0.2, 0.25) is 10.0 Å². The molecule has 1 heterocycles. The first-order chi connectivity index (χ1) is 14.1. The third kappa shape index (κ3) is 3.27. The van der Waals surface area contributed by atoms with Crippen LogP contribution in [0.15, 0.2) is 48.7 Å². The van der Waals surface area contributed by atoms with Crippen molar-refractivity contribution in [1.29, 1.82) is 5.26 Å². The number of anilines is 2. The average Bonchev–Trinajstić information content (AvgIpc) is 2.74. The van der Waals surface area contributed by atoms with Gasteiger partial charge in [0.1, 0.15) is 6.07 Å². The highest BCUT2D eigenvalue weighted by atomic mass is 35.5. The molecule has 0 radical (unpaired) electrons. The molecule has 1 N–H and O–H groups in total. The molecule has 4 aromatic rings. The second kappa shape index (κ2) is 7.67. The predicted octanol–water partition coefficient (Wildman–Crippen LogP) is 6.33. The predicted molar refractivity (Wildman–Crippen MR) is 117 cm³/mol. The van der Waals surface area contributed by atoms with Crippen molar-refractivity contribution in [2.24, 2.45) is 0 Å². The smallest absolute Gasteiger partial charge is 0.168 e. The molecule has 0 fully saturated rings. The average molecular weight is 424 g/mol. The number of aromatic nitrogens is 1. The highest BCUT2D eigenvalue weighted by Gasteiger charge is 2.16. The minimum Gasteiger partial charge on any atom is -0.493 e. The molecule has 0 aliphatic rings. The van der Waals surface area contributed by atoms with E-state index >= 15 is 0 Å². The molecule has 7 heteroatoms. The Labute approximate surface area is 177 Å². The Balaban J connectivity index is 1.98. The van der Waals surface area contributed by atoms with Crippen LogP contribution in [-0.4, -0.2) is 19.2 Å². The lowest BCUT2D eigenvalue weighted by Crippen LogP contribution is -1.98. The van der Waals surface area contributed by atoms with Crippen molar-refractivity contribution in [3.8, 4) is 17.6 Å². The first kappa shape index (κ1) is 19.1. The fraction of sp³-hybridized carbons (Fsp3) is 0.0909. The van der Waals surface area contributed by atoms with E-state index in [1.165, 1.54) is 0 Å². The molecule has 0 unspecified atom stereocenters. The van der Waals surface area contributed by atoms with E-state index in [4.69, 9.17) is 32.7 Å². The van der Waals surface area contributed by atoms with E-state index in [-0.39, 0.29) is 0 Å². The zero-order chi connectivity index (χ0) is 20.5. The topological polar surface area (TPSA) is 67.2 Å². The van der Waals surface area contributed by atoms with Gasteiger partial charge in [-0.2, -0.15) is 5.26 Å². The number of nitriles is 1. The SMILES string of the molecule is COc1ccc2c(ccc3c(Nc4ccc(Cl)cc4Cl)c(C#N)cnc32)c1OC. The number of nitrogens with one attached hydrogen (secondary N) is 1. The lowest BCUT2D eigenvalue weighted by Gasteiger charge is -2.15. The molecule has 0 aliphatic carbocycles. The number of nitrogens with zero attached hydrogens (tertiary/aromatic N) is 2. The normalized spacial score (nSPS) is 10.7.